The van der Waals surface area contributed by atoms with E-state index >= 15 is 0 Å². The molecular weight excluding hydrogens is 340 g/mol. The van der Waals surface area contributed by atoms with Crippen molar-refractivity contribution in [2.24, 2.45) is 0 Å². The second-order valence-electron chi connectivity index (χ2n) is 6.54. The molecule has 0 fully saturated rings. The summed E-state index contributed by atoms with van der Waals surface area (Å²) in [5.41, 5.74) is 4.03. The van der Waals surface area contributed by atoms with Gasteiger partial charge in [-0.05, 0) is 61.4 Å². The normalized spacial score (nSPS) is 12.1. The molecule has 2 amide bonds. The van der Waals surface area contributed by atoms with E-state index in [2.05, 4.69) is 10.6 Å². The lowest BCUT2D eigenvalue weighted by Gasteiger charge is -2.11. The second kappa shape index (κ2) is 6.61. The summed E-state index contributed by atoms with van der Waals surface area (Å²) >= 11 is 0. The first-order valence-electron chi connectivity index (χ1n) is 8.62. The van der Waals surface area contributed by atoms with Crippen molar-refractivity contribution in [1.82, 2.24) is 0 Å². The Labute approximate surface area is 157 Å². The van der Waals surface area contributed by atoms with Crippen molar-refractivity contribution in [1.29, 1.82) is 0 Å². The van der Waals surface area contributed by atoms with Gasteiger partial charge in [0.25, 0.3) is 11.8 Å². The van der Waals surface area contributed by atoms with E-state index in [1.165, 1.54) is 0 Å². The minimum atomic E-state index is -0.277. The standard InChI is InChI=1S/C22H18N2O3/c1-13-7-9-20-18(11-13)24-22(26)17-12-15(8-10-19(17)27-20)23-21(25)16-6-4-3-5-14(16)2/h3-12H,1-2H3,(H,23,25)(H,24,26). The summed E-state index contributed by atoms with van der Waals surface area (Å²) < 4.78 is 5.90. The maximum absolute atomic E-state index is 12.6. The van der Waals surface area contributed by atoms with Crippen LogP contribution in [0.2, 0.25) is 0 Å². The molecule has 3 aromatic rings. The first kappa shape index (κ1) is 16.8. The molecule has 0 radical (unpaired) electrons. The third kappa shape index (κ3) is 3.27. The number of hydrogen-bond acceptors (Lipinski definition) is 3. The summed E-state index contributed by atoms with van der Waals surface area (Å²) in [6.45, 7) is 3.83. The van der Waals surface area contributed by atoms with Crippen LogP contribution in [0.15, 0.2) is 60.7 Å². The second-order valence-corrected chi connectivity index (χ2v) is 6.54. The molecule has 27 heavy (non-hydrogen) atoms. The largest absolute Gasteiger partial charge is 0.454 e. The van der Waals surface area contributed by atoms with Crippen LogP contribution >= 0.6 is 0 Å². The molecule has 2 N–H and O–H groups in total. The highest BCUT2D eigenvalue weighted by Crippen LogP contribution is 2.37. The van der Waals surface area contributed by atoms with Gasteiger partial charge in [0, 0.05) is 11.3 Å². The molecule has 4 rings (SSSR count). The summed E-state index contributed by atoms with van der Waals surface area (Å²) in [4.78, 5) is 25.2. The van der Waals surface area contributed by atoms with Gasteiger partial charge in [-0.1, -0.05) is 24.3 Å². The fraction of sp³-hybridized carbons (Fsp3) is 0.0909. The maximum atomic E-state index is 12.6. The lowest BCUT2D eigenvalue weighted by molar-refractivity contribution is 0.101. The zero-order valence-electron chi connectivity index (χ0n) is 15.0. The molecule has 5 nitrogen and oxygen atoms in total. The lowest BCUT2D eigenvalue weighted by atomic mass is 10.1. The van der Waals surface area contributed by atoms with E-state index in [0.717, 1.165) is 11.1 Å². The maximum Gasteiger partial charge on any atom is 0.259 e. The molecule has 0 bridgehead atoms. The highest BCUT2D eigenvalue weighted by molar-refractivity contribution is 6.10. The average Bonchev–Trinajstić information content (AvgIpc) is 2.78. The van der Waals surface area contributed by atoms with E-state index in [-0.39, 0.29) is 11.8 Å². The van der Waals surface area contributed by atoms with Gasteiger partial charge in [-0.25, -0.2) is 0 Å². The monoisotopic (exact) mass is 358 g/mol. The van der Waals surface area contributed by atoms with Crippen LogP contribution in [-0.2, 0) is 0 Å². The van der Waals surface area contributed by atoms with Gasteiger partial charge in [0.15, 0.2) is 5.75 Å². The molecule has 3 aromatic carbocycles. The number of anilines is 2. The molecule has 1 aliphatic heterocycles. The van der Waals surface area contributed by atoms with Gasteiger partial charge in [-0.3, -0.25) is 9.59 Å². The van der Waals surface area contributed by atoms with Gasteiger partial charge in [-0.15, -0.1) is 0 Å². The summed E-state index contributed by atoms with van der Waals surface area (Å²) in [6.07, 6.45) is 0. The third-order valence-electron chi connectivity index (χ3n) is 4.47. The van der Waals surface area contributed by atoms with Crippen molar-refractivity contribution in [3.8, 4) is 11.5 Å². The van der Waals surface area contributed by atoms with Crippen molar-refractivity contribution in [3.05, 3.63) is 82.9 Å². The van der Waals surface area contributed by atoms with E-state index in [1.54, 1.807) is 24.3 Å². The summed E-state index contributed by atoms with van der Waals surface area (Å²) in [5, 5.41) is 5.71. The zero-order chi connectivity index (χ0) is 19.0. The van der Waals surface area contributed by atoms with Gasteiger partial charge in [0.05, 0.1) is 11.3 Å². The third-order valence-corrected chi connectivity index (χ3v) is 4.47. The smallest absolute Gasteiger partial charge is 0.259 e. The number of benzene rings is 3. The Hall–Kier alpha value is -3.60. The van der Waals surface area contributed by atoms with Crippen LogP contribution in [0.4, 0.5) is 11.4 Å². The first-order chi connectivity index (χ1) is 13.0. The number of amides is 2. The van der Waals surface area contributed by atoms with Crippen molar-refractivity contribution in [3.63, 3.8) is 0 Å². The Morgan fingerprint density at radius 3 is 2.56 bits per heavy atom. The minimum absolute atomic E-state index is 0.220. The predicted octanol–water partition coefficient (Wildman–Crippen LogP) is 4.91. The average molecular weight is 358 g/mol. The van der Waals surface area contributed by atoms with E-state index in [1.807, 2.05) is 50.2 Å². The van der Waals surface area contributed by atoms with Crippen LogP contribution in [0.1, 0.15) is 31.8 Å². The number of fused-ring (bicyclic) bond motifs is 2. The number of aryl methyl sites for hydroxylation is 2. The predicted molar refractivity (Wildman–Crippen MR) is 105 cm³/mol. The molecule has 0 unspecified atom stereocenters. The Balaban J connectivity index is 1.64. The molecular formula is C22H18N2O3. The topological polar surface area (TPSA) is 67.4 Å². The lowest BCUT2D eigenvalue weighted by Crippen LogP contribution is -2.15. The molecule has 0 saturated heterocycles. The number of rotatable bonds is 2. The molecule has 5 heteroatoms. The number of nitrogens with one attached hydrogen (secondary N) is 2. The molecule has 1 aliphatic rings. The molecule has 0 saturated carbocycles. The van der Waals surface area contributed by atoms with Crippen molar-refractivity contribution in [2.45, 2.75) is 13.8 Å². The van der Waals surface area contributed by atoms with E-state index in [0.29, 0.717) is 34.0 Å². The number of carbonyl (C=O) groups is 2. The Kier molecular flexibility index (Phi) is 4.12. The van der Waals surface area contributed by atoms with Gasteiger partial charge < -0.3 is 15.4 Å². The van der Waals surface area contributed by atoms with Gasteiger partial charge >= 0.3 is 0 Å². The summed E-state index contributed by atoms with van der Waals surface area (Å²) in [7, 11) is 0. The van der Waals surface area contributed by atoms with Crippen LogP contribution in [0.25, 0.3) is 0 Å². The Morgan fingerprint density at radius 2 is 1.74 bits per heavy atom. The number of carbonyl (C=O) groups excluding carboxylic acids is 2. The van der Waals surface area contributed by atoms with Gasteiger partial charge in [0.1, 0.15) is 5.75 Å². The molecule has 0 spiro atoms. The van der Waals surface area contributed by atoms with Crippen LogP contribution in [0.3, 0.4) is 0 Å². The van der Waals surface area contributed by atoms with Crippen LogP contribution in [0.5, 0.6) is 11.5 Å². The summed E-state index contributed by atoms with van der Waals surface area (Å²) in [5.74, 6) is 0.539. The molecule has 0 atom stereocenters. The van der Waals surface area contributed by atoms with E-state index in [9.17, 15) is 9.59 Å². The van der Waals surface area contributed by atoms with Crippen molar-refractivity contribution >= 4 is 23.2 Å². The SMILES string of the molecule is Cc1ccc2c(c1)NC(=O)c1cc(NC(=O)c3ccccc3C)ccc1O2. The van der Waals surface area contributed by atoms with Crippen molar-refractivity contribution in [2.75, 3.05) is 10.6 Å². The zero-order valence-corrected chi connectivity index (χ0v) is 15.0. The molecule has 0 aromatic heterocycles. The van der Waals surface area contributed by atoms with Crippen LogP contribution in [-0.4, -0.2) is 11.8 Å². The van der Waals surface area contributed by atoms with Gasteiger partial charge in [0.2, 0.25) is 0 Å². The quantitative estimate of drug-likeness (QED) is 0.684. The fourth-order valence-electron chi connectivity index (χ4n) is 3.04. The van der Waals surface area contributed by atoms with Gasteiger partial charge in [-0.2, -0.15) is 0 Å². The Bertz CT molecular complexity index is 1070. The Morgan fingerprint density at radius 1 is 0.963 bits per heavy atom. The van der Waals surface area contributed by atoms with E-state index < -0.39 is 0 Å². The minimum Gasteiger partial charge on any atom is -0.454 e. The highest BCUT2D eigenvalue weighted by Gasteiger charge is 2.21. The van der Waals surface area contributed by atoms with E-state index in [4.69, 9.17) is 4.74 Å². The number of hydrogen-bond donors (Lipinski definition) is 2. The molecule has 1 heterocycles. The van der Waals surface area contributed by atoms with Crippen LogP contribution in [0, 0.1) is 13.8 Å². The number of ether oxygens (including phenoxy) is 1. The van der Waals surface area contributed by atoms with Crippen molar-refractivity contribution < 1.29 is 14.3 Å². The molecule has 0 aliphatic carbocycles. The van der Waals surface area contributed by atoms with Crippen LogP contribution < -0.4 is 15.4 Å². The molecule has 134 valence electrons. The first-order valence-corrected chi connectivity index (χ1v) is 8.62. The fourth-order valence-corrected chi connectivity index (χ4v) is 3.04. The summed E-state index contributed by atoms with van der Waals surface area (Å²) in [6, 6.07) is 18.0. The highest BCUT2D eigenvalue weighted by atomic mass is 16.5.